The van der Waals surface area contributed by atoms with Gasteiger partial charge in [-0.1, -0.05) is 27.2 Å². The van der Waals surface area contributed by atoms with Crippen LogP contribution in [0.5, 0.6) is 0 Å². The highest BCUT2D eigenvalue weighted by Gasteiger charge is 2.45. The molecule has 252 valence electrons. The Morgan fingerprint density at radius 2 is 1.87 bits per heavy atom. The Morgan fingerprint density at radius 1 is 1.13 bits per heavy atom. The number of carbonyl (C=O) groups is 2. The van der Waals surface area contributed by atoms with Gasteiger partial charge in [-0.25, -0.2) is 28.2 Å². The lowest BCUT2D eigenvalue weighted by Crippen LogP contribution is -2.37. The van der Waals surface area contributed by atoms with E-state index in [2.05, 4.69) is 56.0 Å². The Kier molecular flexibility index (Phi) is 12.2. The highest BCUT2D eigenvalue weighted by atomic mass is 32.2. The van der Waals surface area contributed by atoms with E-state index in [1.165, 1.54) is 36.9 Å². The number of nitrogen functional groups attached to an aromatic ring is 1. The van der Waals surface area contributed by atoms with E-state index in [0.29, 0.717) is 17.6 Å². The maximum absolute atomic E-state index is 12.5. The van der Waals surface area contributed by atoms with E-state index in [1.54, 1.807) is 11.8 Å². The lowest BCUT2D eigenvalue weighted by molar-refractivity contribution is -0.119. The van der Waals surface area contributed by atoms with Gasteiger partial charge in [-0.3, -0.25) is 14.1 Å². The van der Waals surface area contributed by atoms with Crippen LogP contribution in [0.15, 0.2) is 12.7 Å². The van der Waals surface area contributed by atoms with Crippen LogP contribution in [0.3, 0.4) is 0 Å². The van der Waals surface area contributed by atoms with E-state index >= 15 is 0 Å². The molecule has 3 saturated heterocycles. The Labute approximate surface area is 267 Å². The van der Waals surface area contributed by atoms with Crippen LogP contribution in [0.4, 0.5) is 10.6 Å². The quantitative estimate of drug-likeness (QED) is 0.121. The molecule has 0 unspecified atom stereocenters. The molecule has 0 saturated carbocycles. The lowest BCUT2D eigenvalue weighted by atomic mass is 10.0. The van der Waals surface area contributed by atoms with Crippen LogP contribution in [0.25, 0.3) is 11.2 Å². The third-order valence-electron chi connectivity index (χ3n) is 8.36. The third kappa shape index (κ3) is 8.74. The zero-order valence-corrected chi connectivity index (χ0v) is 27.5. The van der Waals surface area contributed by atoms with Crippen LogP contribution in [0.1, 0.15) is 59.1 Å². The summed E-state index contributed by atoms with van der Waals surface area (Å²) >= 11 is 1.78. The van der Waals surface area contributed by atoms with E-state index in [4.69, 9.17) is 10.5 Å². The topological polar surface area (TPSA) is 227 Å². The fourth-order valence-electron chi connectivity index (χ4n) is 5.75. The van der Waals surface area contributed by atoms with Crippen LogP contribution in [-0.4, -0.2) is 122 Å². The van der Waals surface area contributed by atoms with Gasteiger partial charge in [0.2, 0.25) is 15.9 Å². The summed E-state index contributed by atoms with van der Waals surface area (Å²) in [7, 11) is -3.98. The summed E-state index contributed by atoms with van der Waals surface area (Å²) in [6.07, 6.45) is -0.255. The molecule has 18 heteroatoms. The number of rotatable bonds is 13. The largest absolute Gasteiger partial charge is 0.388 e. The first kappa shape index (κ1) is 35.1. The van der Waals surface area contributed by atoms with Gasteiger partial charge in [0.15, 0.2) is 17.7 Å². The van der Waals surface area contributed by atoms with Crippen molar-refractivity contribution in [1.82, 2.24) is 39.8 Å². The van der Waals surface area contributed by atoms with Gasteiger partial charge in [-0.05, 0) is 38.9 Å². The number of imidazole rings is 1. The van der Waals surface area contributed by atoms with Crippen LogP contribution >= 0.6 is 11.8 Å². The first-order valence-electron chi connectivity index (χ1n) is 15.4. The van der Waals surface area contributed by atoms with Crippen LogP contribution in [0, 0.1) is 0 Å². The van der Waals surface area contributed by atoms with Crippen molar-refractivity contribution < 1.29 is 33.0 Å². The van der Waals surface area contributed by atoms with Gasteiger partial charge >= 0.3 is 6.03 Å². The molecule has 3 aliphatic rings. The second-order valence-electron chi connectivity index (χ2n) is 11.2. The van der Waals surface area contributed by atoms with Gasteiger partial charge in [-0.2, -0.15) is 11.8 Å². The molecule has 3 fully saturated rings. The number of hydrogen-bond donors (Lipinski definition) is 6. The highest BCUT2D eigenvalue weighted by molar-refractivity contribution is 8.00. The fraction of sp³-hybridized carbons (Fsp3) is 0.741. The Balaban J connectivity index is 0.000000591. The number of ether oxygens (including phenoxy) is 1. The number of amides is 3. The van der Waals surface area contributed by atoms with Gasteiger partial charge in [-0.15, -0.1) is 0 Å². The molecule has 16 nitrogen and oxygen atoms in total. The predicted molar refractivity (Wildman–Crippen MR) is 170 cm³/mol. The van der Waals surface area contributed by atoms with Crippen molar-refractivity contribution >= 4 is 50.7 Å². The molecule has 2 aromatic rings. The van der Waals surface area contributed by atoms with Crippen molar-refractivity contribution in [1.29, 1.82) is 0 Å². The molecule has 0 radical (unpaired) electrons. The van der Waals surface area contributed by atoms with E-state index in [-0.39, 0.29) is 42.0 Å². The molecule has 45 heavy (non-hydrogen) atoms. The molecule has 7 atom stereocenters. The number of aliphatic hydroxyl groups is 2. The number of nitrogens with two attached hydrogens (primary N) is 1. The number of unbranched alkanes of at least 4 members (excludes halogenated alkanes) is 1. The van der Waals surface area contributed by atoms with Gasteiger partial charge in [0.05, 0.1) is 30.3 Å². The lowest BCUT2D eigenvalue weighted by Gasteiger charge is -2.16. The van der Waals surface area contributed by atoms with Crippen LogP contribution < -0.4 is 21.1 Å². The molecule has 0 aromatic carbocycles. The summed E-state index contributed by atoms with van der Waals surface area (Å²) in [5, 5.41) is 27.1. The van der Waals surface area contributed by atoms with Gasteiger partial charge in [0, 0.05) is 17.4 Å². The van der Waals surface area contributed by atoms with Crippen molar-refractivity contribution in [2.45, 2.75) is 94.7 Å². The van der Waals surface area contributed by atoms with Crippen molar-refractivity contribution in [2.24, 2.45) is 0 Å². The minimum atomic E-state index is -3.98. The van der Waals surface area contributed by atoms with Crippen molar-refractivity contribution in [2.75, 3.05) is 36.9 Å². The van der Waals surface area contributed by atoms with Crippen LogP contribution in [0.2, 0.25) is 0 Å². The monoisotopic (exact) mass is 671 g/mol. The smallest absolute Gasteiger partial charge is 0.315 e. The number of nitrogens with zero attached hydrogens (tertiary/aromatic N) is 5. The molecule has 3 amide bonds. The van der Waals surface area contributed by atoms with Crippen LogP contribution in [-0.2, 0) is 19.6 Å². The summed E-state index contributed by atoms with van der Waals surface area (Å²) in [4.78, 5) is 38.1. The average Bonchev–Trinajstić information content (AvgIpc) is 3.76. The number of nitrogens with one attached hydrogen (secondary N) is 3. The Morgan fingerprint density at radius 3 is 2.56 bits per heavy atom. The molecule has 5 heterocycles. The number of urea groups is 1. The number of anilines is 1. The molecular weight excluding hydrogens is 626 g/mol. The molecule has 3 aliphatic heterocycles. The van der Waals surface area contributed by atoms with E-state index in [9.17, 15) is 28.2 Å². The first-order valence-corrected chi connectivity index (χ1v) is 18.1. The summed E-state index contributed by atoms with van der Waals surface area (Å²) in [6.45, 7) is 10.1. The Bertz CT molecular complexity index is 1400. The summed E-state index contributed by atoms with van der Waals surface area (Å²) in [5.74, 6) is -0.0864. The number of carbonyl (C=O) groups excluding carboxylic acids is 2. The number of thioether (sulfide) groups is 1. The first-order chi connectivity index (χ1) is 21.5. The predicted octanol–water partition coefficient (Wildman–Crippen LogP) is -0.0623. The van der Waals surface area contributed by atoms with Gasteiger partial charge < -0.3 is 36.2 Å². The number of hydrogen-bond acceptors (Lipinski definition) is 13. The molecule has 0 bridgehead atoms. The van der Waals surface area contributed by atoms with Gasteiger partial charge in [0.1, 0.15) is 24.1 Å². The van der Waals surface area contributed by atoms with Crippen molar-refractivity contribution in [3.63, 3.8) is 0 Å². The molecule has 0 aliphatic carbocycles. The second kappa shape index (κ2) is 15.7. The fourth-order valence-corrected chi connectivity index (χ4v) is 8.38. The minimum absolute atomic E-state index is 0.0529. The number of aromatic nitrogens is 4. The summed E-state index contributed by atoms with van der Waals surface area (Å²) in [6, 6.07) is 0.0778. The number of fused-ring (bicyclic) bond motifs is 2. The highest BCUT2D eigenvalue weighted by Crippen LogP contribution is 2.34. The molecular formula is C27H45N9O7S2. The Hall–Kier alpha value is -2.77. The van der Waals surface area contributed by atoms with E-state index < -0.39 is 46.2 Å². The van der Waals surface area contributed by atoms with E-state index in [1.807, 2.05) is 0 Å². The zero-order chi connectivity index (χ0) is 32.7. The minimum Gasteiger partial charge on any atom is -0.388 e. The molecule has 5 rings (SSSR count). The molecule has 0 spiro atoms. The standard InChI is InChI=1S/C21H30N8O7S2.C6H15N/c22-18-15-19(24-8-23-18)29(9-25-15)20-17(32)16(31)11(36-20)5-6-38(34,35)28-13(30)4-2-1-3-12-14-10(7-37-12)26-21(33)27-14;1-4-7(5-2)6-3/h8-12,14,16-17,20,31-32H,1-7H2,(H,28,30)(H2,22,23,24)(H2,26,27,33);4-6H2,1-3H3/t10-,11+,12-,14-,16+,17+,20+;/m0./s1. The number of sulfonamides is 1. The second-order valence-corrected chi connectivity index (χ2v) is 14.4. The summed E-state index contributed by atoms with van der Waals surface area (Å²) < 4.78 is 34.2. The molecule has 7 N–H and O–H groups in total. The van der Waals surface area contributed by atoms with Gasteiger partial charge in [0.25, 0.3) is 0 Å². The SMILES string of the molecule is CCN(CC)CC.Nc1ncnc2c1ncn2[C@@H]1O[C@H](CCS(=O)(=O)NC(=O)CCCC[C@@H]2SC[C@@H]3NC(=O)N[C@@H]32)[C@@H](O)[C@H]1O. The van der Waals surface area contributed by atoms with E-state index in [0.717, 1.165) is 18.6 Å². The normalized spacial score (nSPS) is 27.6. The summed E-state index contributed by atoms with van der Waals surface area (Å²) in [5.41, 5.74) is 6.39. The number of aliphatic hydroxyl groups excluding tert-OH is 2. The van der Waals surface area contributed by atoms with Crippen molar-refractivity contribution in [3.05, 3.63) is 12.7 Å². The molecule has 2 aromatic heterocycles. The third-order valence-corrected chi connectivity index (χ3v) is 11.2. The van der Waals surface area contributed by atoms with Crippen molar-refractivity contribution in [3.8, 4) is 0 Å². The average molecular weight is 672 g/mol. The maximum Gasteiger partial charge on any atom is 0.315 e. The maximum atomic E-state index is 12.5. The zero-order valence-electron chi connectivity index (χ0n) is 25.8.